The summed E-state index contributed by atoms with van der Waals surface area (Å²) in [7, 11) is 1.18. The zero-order valence-corrected chi connectivity index (χ0v) is 13.5. The molecule has 1 heterocycles. The number of likely N-dealkylation sites (N-methyl/N-ethyl adjacent to an activating group) is 1. The predicted molar refractivity (Wildman–Crippen MR) is 83.8 cm³/mol. The summed E-state index contributed by atoms with van der Waals surface area (Å²) in [5, 5.41) is 16.7. The molecule has 2 N–H and O–H groups in total. The maximum atomic E-state index is 12.3. The molecule has 1 aromatic heterocycles. The van der Waals surface area contributed by atoms with E-state index in [1.807, 2.05) is 20.0 Å². The number of nitrogens with zero attached hydrogens (tertiary/aromatic N) is 3. The molecule has 0 aliphatic carbocycles. The molecule has 2 rings (SSSR count). The van der Waals surface area contributed by atoms with Gasteiger partial charge in [0.2, 0.25) is 0 Å². The van der Waals surface area contributed by atoms with Crippen molar-refractivity contribution in [1.82, 2.24) is 14.7 Å². The SMILES string of the molecule is CC(C)n1cc2cc(NC(=O)N(C)C[C@@H](O)C(F)(F)F)ccc2n1. The molecular weight excluding hydrogens is 325 g/mol. The molecule has 0 saturated heterocycles. The van der Waals surface area contributed by atoms with E-state index in [1.54, 1.807) is 22.9 Å². The van der Waals surface area contributed by atoms with Gasteiger partial charge < -0.3 is 15.3 Å². The molecule has 9 heteroatoms. The second kappa shape index (κ2) is 6.68. The quantitative estimate of drug-likeness (QED) is 0.896. The lowest BCUT2D eigenvalue weighted by atomic mass is 10.2. The Morgan fingerprint density at radius 3 is 2.67 bits per heavy atom. The molecule has 6 nitrogen and oxygen atoms in total. The summed E-state index contributed by atoms with van der Waals surface area (Å²) in [6.45, 7) is 3.12. The summed E-state index contributed by atoms with van der Waals surface area (Å²) in [4.78, 5) is 12.7. The summed E-state index contributed by atoms with van der Waals surface area (Å²) in [6, 6.07) is 4.47. The van der Waals surface area contributed by atoms with E-state index in [9.17, 15) is 18.0 Å². The van der Waals surface area contributed by atoms with Gasteiger partial charge in [-0.25, -0.2) is 4.79 Å². The molecule has 2 aromatic rings. The minimum absolute atomic E-state index is 0.186. The molecule has 0 bridgehead atoms. The Morgan fingerprint density at radius 2 is 2.08 bits per heavy atom. The van der Waals surface area contributed by atoms with Gasteiger partial charge in [0, 0.05) is 30.4 Å². The Hall–Kier alpha value is -2.29. The first-order valence-electron chi connectivity index (χ1n) is 7.33. The Labute approximate surface area is 136 Å². The minimum Gasteiger partial charge on any atom is -0.382 e. The van der Waals surface area contributed by atoms with Gasteiger partial charge in [-0.15, -0.1) is 0 Å². The summed E-state index contributed by atoms with van der Waals surface area (Å²) >= 11 is 0. The third-order valence-electron chi connectivity index (χ3n) is 3.47. The van der Waals surface area contributed by atoms with Crippen molar-refractivity contribution in [2.45, 2.75) is 32.2 Å². The monoisotopic (exact) mass is 344 g/mol. The van der Waals surface area contributed by atoms with Gasteiger partial charge in [0.1, 0.15) is 0 Å². The summed E-state index contributed by atoms with van der Waals surface area (Å²) in [5.74, 6) is 0. The van der Waals surface area contributed by atoms with Gasteiger partial charge >= 0.3 is 12.2 Å². The number of aliphatic hydroxyl groups excluding tert-OH is 1. The van der Waals surface area contributed by atoms with E-state index >= 15 is 0 Å². The standard InChI is InChI=1S/C15H19F3N4O2/c1-9(2)22-7-10-6-11(4-5-12(10)20-22)19-14(24)21(3)8-13(23)15(16,17)18/h4-7,9,13,23H,8H2,1-3H3,(H,19,24)/t13-/m1/s1. The van der Waals surface area contributed by atoms with Crippen molar-refractivity contribution < 1.29 is 23.1 Å². The lowest BCUT2D eigenvalue weighted by Gasteiger charge is -2.22. The smallest absolute Gasteiger partial charge is 0.382 e. The second-order valence-electron chi connectivity index (χ2n) is 5.84. The first-order chi connectivity index (χ1) is 11.1. The number of alkyl halides is 3. The van der Waals surface area contributed by atoms with Crippen LogP contribution in [0.5, 0.6) is 0 Å². The number of halogens is 3. The number of rotatable bonds is 4. The molecular formula is C15H19F3N4O2. The van der Waals surface area contributed by atoms with Gasteiger partial charge in [0.25, 0.3) is 0 Å². The minimum atomic E-state index is -4.77. The van der Waals surface area contributed by atoms with E-state index in [2.05, 4.69) is 10.4 Å². The lowest BCUT2D eigenvalue weighted by Crippen LogP contribution is -2.43. The number of nitrogens with one attached hydrogen (secondary N) is 1. The number of fused-ring (bicyclic) bond motifs is 1. The molecule has 2 amide bonds. The zero-order chi connectivity index (χ0) is 18.1. The number of carbonyl (C=O) groups excluding carboxylic acids is 1. The average Bonchev–Trinajstić information content (AvgIpc) is 2.89. The van der Waals surface area contributed by atoms with Crippen molar-refractivity contribution in [2.24, 2.45) is 0 Å². The van der Waals surface area contributed by atoms with Crippen LogP contribution in [0.15, 0.2) is 24.4 Å². The number of aliphatic hydroxyl groups is 1. The zero-order valence-electron chi connectivity index (χ0n) is 13.5. The first kappa shape index (κ1) is 18.1. The number of hydrogen-bond acceptors (Lipinski definition) is 3. The van der Waals surface area contributed by atoms with Gasteiger partial charge in [0.15, 0.2) is 6.10 Å². The van der Waals surface area contributed by atoms with Crippen LogP contribution in [-0.2, 0) is 0 Å². The molecule has 0 aliphatic rings. The molecule has 1 aromatic carbocycles. The summed E-state index contributed by atoms with van der Waals surface area (Å²) in [5.41, 5.74) is 1.19. The number of carbonyl (C=O) groups is 1. The molecule has 0 spiro atoms. The lowest BCUT2D eigenvalue weighted by molar-refractivity contribution is -0.205. The third-order valence-corrected chi connectivity index (χ3v) is 3.47. The normalized spacial score (nSPS) is 13.3. The van der Waals surface area contributed by atoms with E-state index in [4.69, 9.17) is 5.11 Å². The van der Waals surface area contributed by atoms with E-state index in [0.717, 1.165) is 15.8 Å². The highest BCUT2D eigenvalue weighted by Gasteiger charge is 2.39. The van der Waals surface area contributed by atoms with Crippen LogP contribution in [0.4, 0.5) is 23.7 Å². The van der Waals surface area contributed by atoms with Crippen molar-refractivity contribution in [3.05, 3.63) is 24.4 Å². The average molecular weight is 344 g/mol. The number of anilines is 1. The van der Waals surface area contributed by atoms with Gasteiger partial charge in [0.05, 0.1) is 12.1 Å². The van der Waals surface area contributed by atoms with Crippen LogP contribution in [0.2, 0.25) is 0 Å². The Bertz CT molecular complexity index is 727. The molecule has 1 atom stereocenters. The van der Waals surface area contributed by atoms with Crippen molar-refractivity contribution in [2.75, 3.05) is 18.9 Å². The van der Waals surface area contributed by atoms with Crippen LogP contribution in [0.1, 0.15) is 19.9 Å². The van der Waals surface area contributed by atoms with Crippen LogP contribution >= 0.6 is 0 Å². The fraction of sp³-hybridized carbons (Fsp3) is 0.467. The van der Waals surface area contributed by atoms with Gasteiger partial charge in [-0.05, 0) is 32.0 Å². The molecule has 0 unspecified atom stereocenters. The van der Waals surface area contributed by atoms with Crippen molar-refractivity contribution in [3.8, 4) is 0 Å². The van der Waals surface area contributed by atoms with Gasteiger partial charge in [-0.1, -0.05) is 0 Å². The van der Waals surface area contributed by atoms with Gasteiger partial charge in [-0.2, -0.15) is 18.3 Å². The highest BCUT2D eigenvalue weighted by Crippen LogP contribution is 2.22. The van der Waals surface area contributed by atoms with Crippen molar-refractivity contribution >= 4 is 22.6 Å². The molecule has 132 valence electrons. The molecule has 0 fully saturated rings. The number of amides is 2. The van der Waals surface area contributed by atoms with Crippen LogP contribution in [0.25, 0.3) is 10.9 Å². The Morgan fingerprint density at radius 1 is 1.42 bits per heavy atom. The highest BCUT2D eigenvalue weighted by atomic mass is 19.4. The van der Waals surface area contributed by atoms with E-state index < -0.39 is 24.9 Å². The number of urea groups is 1. The Kier molecular flexibility index (Phi) is 5.02. The first-order valence-corrected chi connectivity index (χ1v) is 7.33. The van der Waals surface area contributed by atoms with Gasteiger partial charge in [-0.3, -0.25) is 4.68 Å². The third kappa shape index (κ3) is 4.16. The van der Waals surface area contributed by atoms with Crippen LogP contribution in [0, 0.1) is 0 Å². The van der Waals surface area contributed by atoms with Crippen molar-refractivity contribution in [3.63, 3.8) is 0 Å². The maximum Gasteiger partial charge on any atom is 0.416 e. The fourth-order valence-electron chi connectivity index (χ4n) is 2.05. The number of aromatic nitrogens is 2. The number of hydrogen-bond donors (Lipinski definition) is 2. The van der Waals surface area contributed by atoms with Crippen LogP contribution in [0.3, 0.4) is 0 Å². The predicted octanol–water partition coefficient (Wildman–Crippen LogP) is 3.00. The van der Waals surface area contributed by atoms with E-state index in [1.165, 1.54) is 7.05 Å². The molecule has 0 radical (unpaired) electrons. The maximum absolute atomic E-state index is 12.3. The van der Waals surface area contributed by atoms with Crippen LogP contribution < -0.4 is 5.32 Å². The largest absolute Gasteiger partial charge is 0.416 e. The molecule has 24 heavy (non-hydrogen) atoms. The molecule has 0 aliphatic heterocycles. The van der Waals surface area contributed by atoms with Crippen molar-refractivity contribution in [1.29, 1.82) is 0 Å². The summed E-state index contributed by atoms with van der Waals surface area (Å²) in [6.07, 6.45) is -5.52. The topological polar surface area (TPSA) is 70.4 Å². The number of benzene rings is 1. The second-order valence-corrected chi connectivity index (χ2v) is 5.84. The van der Waals surface area contributed by atoms with E-state index in [0.29, 0.717) is 5.69 Å². The summed E-state index contributed by atoms with van der Waals surface area (Å²) < 4.78 is 38.8. The highest BCUT2D eigenvalue weighted by molar-refractivity contribution is 5.92. The van der Waals surface area contributed by atoms with Crippen LogP contribution in [-0.4, -0.2) is 51.7 Å². The molecule has 0 saturated carbocycles. The van der Waals surface area contributed by atoms with E-state index in [-0.39, 0.29) is 6.04 Å². The fourth-order valence-corrected chi connectivity index (χ4v) is 2.05. The Balaban J connectivity index is 2.07.